The van der Waals surface area contributed by atoms with Crippen LogP contribution in [0.3, 0.4) is 0 Å². The van der Waals surface area contributed by atoms with Gasteiger partial charge in [0.2, 0.25) is 0 Å². The molecule has 1 heterocycles. The van der Waals surface area contributed by atoms with E-state index in [9.17, 15) is 9.59 Å². The normalized spacial score (nSPS) is 17.7. The molecule has 0 unspecified atom stereocenters. The number of nitrogens with one attached hydrogen (secondary N) is 1. The monoisotopic (exact) mass is 310 g/mol. The molecule has 0 radical (unpaired) electrons. The molecule has 2 rings (SSSR count). The lowest BCUT2D eigenvalue weighted by atomic mass is 9.93. The Bertz CT molecular complexity index is 539. The van der Waals surface area contributed by atoms with Gasteiger partial charge in [-0.3, -0.25) is 9.59 Å². The molecule has 5 nitrogen and oxygen atoms in total. The van der Waals surface area contributed by atoms with Gasteiger partial charge in [-0.1, -0.05) is 33.6 Å². The third-order valence-corrected chi connectivity index (χ3v) is 5.08. The highest BCUT2D eigenvalue weighted by atomic mass is 32.1. The number of aromatic nitrogens is 1. The Labute approximate surface area is 128 Å². The summed E-state index contributed by atoms with van der Waals surface area (Å²) in [6, 6.07) is 0. The number of carbonyl (C=O) groups is 2. The molecule has 0 aromatic carbocycles. The number of hydrogen-bond acceptors (Lipinski definition) is 4. The zero-order chi connectivity index (χ0) is 15.7. The van der Waals surface area contributed by atoms with Crippen molar-refractivity contribution in [3.63, 3.8) is 0 Å². The van der Waals surface area contributed by atoms with E-state index in [1.807, 2.05) is 0 Å². The smallest absolute Gasteiger partial charge is 0.305 e. The average Bonchev–Trinajstić information content (AvgIpc) is 2.95. The topological polar surface area (TPSA) is 79.3 Å². The lowest BCUT2D eigenvalue weighted by molar-refractivity contribution is -0.138. The van der Waals surface area contributed by atoms with Crippen molar-refractivity contribution in [1.29, 1.82) is 0 Å². The van der Waals surface area contributed by atoms with E-state index in [0.29, 0.717) is 5.69 Å². The highest BCUT2D eigenvalue weighted by molar-refractivity contribution is 7.10. The summed E-state index contributed by atoms with van der Waals surface area (Å²) in [5, 5.41) is 14.7. The molecule has 1 saturated carbocycles. The van der Waals surface area contributed by atoms with Crippen molar-refractivity contribution >= 4 is 23.2 Å². The van der Waals surface area contributed by atoms with Crippen LogP contribution in [-0.2, 0) is 10.2 Å². The van der Waals surface area contributed by atoms with Crippen LogP contribution < -0.4 is 5.32 Å². The van der Waals surface area contributed by atoms with Gasteiger partial charge in [0, 0.05) is 10.8 Å². The van der Waals surface area contributed by atoms with Crippen LogP contribution in [0.15, 0.2) is 5.38 Å². The van der Waals surface area contributed by atoms with E-state index in [1.165, 1.54) is 11.3 Å². The van der Waals surface area contributed by atoms with E-state index in [0.717, 1.165) is 30.7 Å². The summed E-state index contributed by atoms with van der Waals surface area (Å²) in [6.45, 7) is 6.16. The van der Waals surface area contributed by atoms with Crippen molar-refractivity contribution in [1.82, 2.24) is 10.3 Å². The summed E-state index contributed by atoms with van der Waals surface area (Å²) in [5.41, 5.74) is -0.300. The van der Waals surface area contributed by atoms with Gasteiger partial charge in [0.15, 0.2) is 0 Å². The highest BCUT2D eigenvalue weighted by Crippen LogP contribution is 2.33. The first kappa shape index (κ1) is 15.9. The Kier molecular flexibility index (Phi) is 4.37. The summed E-state index contributed by atoms with van der Waals surface area (Å²) in [7, 11) is 0. The van der Waals surface area contributed by atoms with Crippen molar-refractivity contribution in [2.75, 3.05) is 0 Å². The van der Waals surface area contributed by atoms with Gasteiger partial charge in [-0.2, -0.15) is 0 Å². The SMILES string of the molecule is CC(C)(C)c1nc(C(=O)NC2(CC(=O)O)CCCC2)cs1. The summed E-state index contributed by atoms with van der Waals surface area (Å²) >= 11 is 1.47. The number of hydrogen-bond donors (Lipinski definition) is 2. The third kappa shape index (κ3) is 3.81. The van der Waals surface area contributed by atoms with Gasteiger partial charge >= 0.3 is 5.97 Å². The second kappa shape index (κ2) is 5.75. The van der Waals surface area contributed by atoms with Crippen molar-refractivity contribution in [3.05, 3.63) is 16.1 Å². The predicted octanol–water partition coefficient (Wildman–Crippen LogP) is 2.96. The Morgan fingerprint density at radius 1 is 1.38 bits per heavy atom. The van der Waals surface area contributed by atoms with Gasteiger partial charge in [0.25, 0.3) is 5.91 Å². The maximum Gasteiger partial charge on any atom is 0.305 e. The molecule has 1 aliphatic carbocycles. The van der Waals surface area contributed by atoms with Gasteiger partial charge < -0.3 is 10.4 Å². The Morgan fingerprint density at radius 3 is 2.48 bits per heavy atom. The summed E-state index contributed by atoms with van der Waals surface area (Å²) < 4.78 is 0. The molecule has 0 atom stereocenters. The minimum atomic E-state index is -0.870. The van der Waals surface area contributed by atoms with Crippen LogP contribution in [0.4, 0.5) is 0 Å². The first-order chi connectivity index (χ1) is 9.72. The van der Waals surface area contributed by atoms with Crippen molar-refractivity contribution in [2.24, 2.45) is 0 Å². The van der Waals surface area contributed by atoms with Crippen molar-refractivity contribution in [3.8, 4) is 0 Å². The fourth-order valence-electron chi connectivity index (χ4n) is 2.71. The fraction of sp³-hybridized carbons (Fsp3) is 0.667. The quantitative estimate of drug-likeness (QED) is 0.896. The Morgan fingerprint density at radius 2 is 2.00 bits per heavy atom. The summed E-state index contributed by atoms with van der Waals surface area (Å²) in [4.78, 5) is 27.8. The molecule has 116 valence electrons. The van der Waals surface area contributed by atoms with Crippen molar-refractivity contribution < 1.29 is 14.7 Å². The van der Waals surface area contributed by atoms with Crippen LogP contribution in [0.5, 0.6) is 0 Å². The molecule has 0 spiro atoms. The first-order valence-electron chi connectivity index (χ1n) is 7.22. The van der Waals surface area contributed by atoms with E-state index >= 15 is 0 Å². The molecule has 2 N–H and O–H groups in total. The lowest BCUT2D eigenvalue weighted by Gasteiger charge is -2.28. The zero-order valence-corrected chi connectivity index (χ0v) is 13.5. The predicted molar refractivity (Wildman–Crippen MR) is 81.7 cm³/mol. The zero-order valence-electron chi connectivity index (χ0n) is 12.7. The maximum atomic E-state index is 12.4. The van der Waals surface area contributed by atoms with E-state index in [1.54, 1.807) is 5.38 Å². The first-order valence-corrected chi connectivity index (χ1v) is 8.10. The lowest BCUT2D eigenvalue weighted by Crippen LogP contribution is -2.47. The molecule has 1 aromatic heterocycles. The number of thiazole rings is 1. The summed E-state index contributed by atoms with van der Waals surface area (Å²) in [6.07, 6.45) is 3.34. The van der Waals surface area contributed by atoms with Gasteiger partial charge in [0.05, 0.1) is 17.0 Å². The molecule has 0 aliphatic heterocycles. The molecular formula is C15H22N2O3S. The second-order valence-corrected chi connectivity index (χ2v) is 7.66. The molecule has 0 saturated heterocycles. The Hall–Kier alpha value is -1.43. The van der Waals surface area contributed by atoms with E-state index in [2.05, 4.69) is 31.1 Å². The van der Waals surface area contributed by atoms with Crippen LogP contribution in [-0.4, -0.2) is 27.5 Å². The van der Waals surface area contributed by atoms with Gasteiger partial charge in [0.1, 0.15) is 5.69 Å². The van der Waals surface area contributed by atoms with Crippen LogP contribution in [0.1, 0.15) is 68.4 Å². The number of aliphatic carboxylic acids is 1. The van der Waals surface area contributed by atoms with E-state index < -0.39 is 11.5 Å². The van der Waals surface area contributed by atoms with Crippen LogP contribution in [0.2, 0.25) is 0 Å². The molecule has 21 heavy (non-hydrogen) atoms. The van der Waals surface area contributed by atoms with E-state index in [-0.39, 0.29) is 17.7 Å². The van der Waals surface area contributed by atoms with Gasteiger partial charge in [-0.25, -0.2) is 4.98 Å². The number of nitrogens with zero attached hydrogens (tertiary/aromatic N) is 1. The van der Waals surface area contributed by atoms with Crippen LogP contribution in [0.25, 0.3) is 0 Å². The molecule has 1 fully saturated rings. The fourth-order valence-corrected chi connectivity index (χ4v) is 3.60. The standard InChI is InChI=1S/C15H22N2O3S/c1-14(2,3)13-16-10(9-21-13)12(20)17-15(8-11(18)19)6-4-5-7-15/h9H,4-8H2,1-3H3,(H,17,20)(H,18,19). The Balaban J connectivity index is 2.12. The van der Waals surface area contributed by atoms with Crippen LogP contribution in [0, 0.1) is 0 Å². The van der Waals surface area contributed by atoms with Crippen LogP contribution >= 0.6 is 11.3 Å². The van der Waals surface area contributed by atoms with E-state index in [4.69, 9.17) is 5.11 Å². The number of carboxylic acids is 1. The largest absolute Gasteiger partial charge is 0.481 e. The van der Waals surface area contributed by atoms with Gasteiger partial charge in [-0.15, -0.1) is 11.3 Å². The number of carbonyl (C=O) groups excluding carboxylic acids is 1. The number of amides is 1. The molecule has 1 aliphatic rings. The minimum Gasteiger partial charge on any atom is -0.481 e. The highest BCUT2D eigenvalue weighted by Gasteiger charge is 2.38. The minimum absolute atomic E-state index is 0.0188. The maximum absolute atomic E-state index is 12.4. The average molecular weight is 310 g/mol. The third-order valence-electron chi connectivity index (χ3n) is 3.81. The molecular weight excluding hydrogens is 288 g/mol. The van der Waals surface area contributed by atoms with Crippen molar-refractivity contribution in [2.45, 2.75) is 63.8 Å². The molecule has 0 bridgehead atoms. The molecule has 6 heteroatoms. The number of carboxylic acid groups (broad SMARTS) is 1. The summed E-state index contributed by atoms with van der Waals surface area (Å²) in [5.74, 6) is -1.13. The molecule has 1 amide bonds. The molecule has 1 aromatic rings. The second-order valence-electron chi connectivity index (χ2n) is 6.80. The number of rotatable bonds is 4. The van der Waals surface area contributed by atoms with Gasteiger partial charge in [-0.05, 0) is 12.8 Å².